The zero-order chi connectivity index (χ0) is 3.54. The molecule has 1 saturated heterocycles. The Morgan fingerprint density at radius 2 is 2.60 bits per heavy atom. The Bertz CT molecular complexity index is 18.5. The summed E-state index contributed by atoms with van der Waals surface area (Å²) in [6.07, 6.45) is 0. The van der Waals surface area contributed by atoms with Gasteiger partial charge in [0.05, 0.1) is 0 Å². The standard InChI is InChI=1S/CH3NO3/c1-3-2-5-4-1/h2H,1H2. The fourth-order valence-corrected chi connectivity index (χ4v) is 0.120. The van der Waals surface area contributed by atoms with Gasteiger partial charge >= 0.3 is 0 Å². The topological polar surface area (TPSA) is 39.7 Å². The lowest BCUT2D eigenvalue weighted by molar-refractivity contribution is -0.291. The van der Waals surface area contributed by atoms with Crippen LogP contribution in [0.2, 0.25) is 0 Å². The molecule has 0 saturated carbocycles. The number of hydrogen-bond acceptors (Lipinski definition) is 4. The van der Waals surface area contributed by atoms with E-state index in [9.17, 15) is 0 Å². The normalized spacial score (nSPS) is 24.0. The molecule has 1 aliphatic rings. The highest BCUT2D eigenvalue weighted by atomic mass is 17.4. The van der Waals surface area contributed by atoms with E-state index in [0.717, 1.165) is 0 Å². The second-order valence-corrected chi connectivity index (χ2v) is 0.547. The lowest BCUT2D eigenvalue weighted by Gasteiger charge is -1.74. The predicted molar refractivity (Wildman–Crippen MR) is 11.3 cm³/mol. The van der Waals surface area contributed by atoms with E-state index in [-0.39, 0.29) is 6.79 Å². The Hall–Kier alpha value is -0.160. The first-order valence-electron chi connectivity index (χ1n) is 1.15. The van der Waals surface area contributed by atoms with Gasteiger partial charge in [0, 0.05) is 0 Å². The Morgan fingerprint density at radius 3 is 2.80 bits per heavy atom. The molecule has 30 valence electrons. The molecular formula is CH3NO3. The number of rotatable bonds is 0. The first-order chi connectivity index (χ1) is 2.50. The third kappa shape index (κ3) is 0.555. The molecule has 0 atom stereocenters. The van der Waals surface area contributed by atoms with E-state index in [1.807, 2.05) is 5.64 Å². The van der Waals surface area contributed by atoms with Gasteiger partial charge in [0.2, 0.25) is 6.79 Å². The molecule has 0 spiro atoms. The molecule has 0 aliphatic carbocycles. The van der Waals surface area contributed by atoms with Crippen LogP contribution in [-0.4, -0.2) is 6.79 Å². The van der Waals surface area contributed by atoms with Crippen LogP contribution in [0.15, 0.2) is 0 Å². The molecule has 4 heteroatoms. The second-order valence-electron chi connectivity index (χ2n) is 0.547. The molecule has 0 radical (unpaired) electrons. The Labute approximate surface area is 28.5 Å². The summed E-state index contributed by atoms with van der Waals surface area (Å²) in [5.41, 5.74) is 2.00. The van der Waals surface area contributed by atoms with Crippen molar-refractivity contribution in [2.45, 2.75) is 0 Å². The summed E-state index contributed by atoms with van der Waals surface area (Å²) in [5, 5.41) is 0. The van der Waals surface area contributed by atoms with Gasteiger partial charge in [-0.1, -0.05) is 0 Å². The van der Waals surface area contributed by atoms with E-state index in [0.29, 0.717) is 0 Å². The van der Waals surface area contributed by atoms with E-state index in [2.05, 4.69) is 14.7 Å². The second kappa shape index (κ2) is 1.32. The van der Waals surface area contributed by atoms with Gasteiger partial charge in [0.15, 0.2) is 0 Å². The minimum atomic E-state index is 0.167. The van der Waals surface area contributed by atoms with Crippen LogP contribution in [0.3, 0.4) is 0 Å². The smallest absolute Gasteiger partial charge is 0.205 e. The maximum Gasteiger partial charge on any atom is 0.205 e. The van der Waals surface area contributed by atoms with E-state index >= 15 is 0 Å². The van der Waals surface area contributed by atoms with Crippen molar-refractivity contribution in [2.24, 2.45) is 0 Å². The van der Waals surface area contributed by atoms with Crippen molar-refractivity contribution in [3.8, 4) is 0 Å². The largest absolute Gasteiger partial charge is 0.242 e. The van der Waals surface area contributed by atoms with Crippen molar-refractivity contribution in [1.29, 1.82) is 0 Å². The van der Waals surface area contributed by atoms with Crippen molar-refractivity contribution in [3.63, 3.8) is 0 Å². The third-order valence-corrected chi connectivity index (χ3v) is 0.259. The molecule has 1 rings (SSSR count). The van der Waals surface area contributed by atoms with Crippen LogP contribution in [0.4, 0.5) is 0 Å². The maximum absolute atomic E-state index is 4.25. The number of hydrogen-bond donors (Lipinski definition) is 1. The first kappa shape index (κ1) is 3.05. The van der Waals surface area contributed by atoms with Crippen LogP contribution >= 0.6 is 0 Å². The molecule has 0 aromatic heterocycles. The molecule has 0 amide bonds. The van der Waals surface area contributed by atoms with E-state index in [1.165, 1.54) is 0 Å². The van der Waals surface area contributed by atoms with E-state index < -0.39 is 0 Å². The summed E-state index contributed by atoms with van der Waals surface area (Å²) in [7, 11) is 0. The monoisotopic (exact) mass is 77.0 g/mol. The predicted octanol–water partition coefficient (Wildman–Crippen LogP) is -0.658. The average Bonchev–Trinajstić information content (AvgIpc) is 1.76. The quantitative estimate of drug-likeness (QED) is 0.390. The van der Waals surface area contributed by atoms with Crippen molar-refractivity contribution in [2.75, 3.05) is 6.79 Å². The summed E-state index contributed by atoms with van der Waals surface area (Å²) in [4.78, 5) is 12.3. The van der Waals surface area contributed by atoms with Gasteiger partial charge in [-0.2, -0.15) is 4.89 Å². The van der Waals surface area contributed by atoms with Crippen LogP contribution in [0.5, 0.6) is 0 Å². The zero-order valence-corrected chi connectivity index (χ0v) is 2.43. The lowest BCUT2D eigenvalue weighted by Crippen LogP contribution is -1.99. The highest BCUT2D eigenvalue weighted by Gasteiger charge is 1.93. The van der Waals surface area contributed by atoms with Crippen LogP contribution in [-0.2, 0) is 14.7 Å². The van der Waals surface area contributed by atoms with E-state index in [4.69, 9.17) is 0 Å². The Morgan fingerprint density at radius 1 is 1.60 bits per heavy atom. The number of nitrogens with one attached hydrogen (secondary N) is 1. The summed E-state index contributed by atoms with van der Waals surface area (Å²) in [5.74, 6) is 0. The van der Waals surface area contributed by atoms with Gasteiger partial charge in [-0.3, -0.25) is 0 Å². The molecule has 1 fully saturated rings. The maximum atomic E-state index is 4.25. The van der Waals surface area contributed by atoms with Crippen molar-refractivity contribution >= 4 is 0 Å². The SMILES string of the molecule is C1ONOO1. The Balaban J connectivity index is 2.08. The minimum Gasteiger partial charge on any atom is -0.242 e. The Kier molecular flexibility index (Phi) is 0.806. The molecule has 1 heterocycles. The minimum absolute atomic E-state index is 0.167. The summed E-state index contributed by atoms with van der Waals surface area (Å²) in [6.45, 7) is 0.167. The third-order valence-electron chi connectivity index (χ3n) is 0.259. The average molecular weight is 77.0 g/mol. The van der Waals surface area contributed by atoms with Crippen LogP contribution in [0, 0.1) is 0 Å². The zero-order valence-electron chi connectivity index (χ0n) is 2.43. The van der Waals surface area contributed by atoms with Crippen LogP contribution < -0.4 is 5.64 Å². The van der Waals surface area contributed by atoms with Crippen molar-refractivity contribution in [3.05, 3.63) is 0 Å². The van der Waals surface area contributed by atoms with Crippen LogP contribution in [0.1, 0.15) is 0 Å². The van der Waals surface area contributed by atoms with Crippen molar-refractivity contribution < 1.29 is 14.7 Å². The van der Waals surface area contributed by atoms with Gasteiger partial charge in [0.25, 0.3) is 0 Å². The highest BCUT2D eigenvalue weighted by molar-refractivity contribution is 3.84. The molecule has 1 aliphatic heterocycles. The molecule has 0 bridgehead atoms. The molecule has 0 aromatic carbocycles. The first-order valence-corrected chi connectivity index (χ1v) is 1.15. The summed E-state index contributed by atoms with van der Waals surface area (Å²) < 4.78 is 0. The lowest BCUT2D eigenvalue weighted by atomic mass is 11.5. The van der Waals surface area contributed by atoms with Gasteiger partial charge < -0.3 is 0 Å². The molecular weight excluding hydrogens is 74.0 g/mol. The van der Waals surface area contributed by atoms with Gasteiger partial charge in [0.1, 0.15) is 0 Å². The van der Waals surface area contributed by atoms with Gasteiger partial charge in [-0.15, -0.1) is 4.99 Å². The molecule has 0 unspecified atom stereocenters. The van der Waals surface area contributed by atoms with E-state index in [1.54, 1.807) is 0 Å². The fraction of sp³-hybridized carbons (Fsp3) is 1.00. The summed E-state index contributed by atoms with van der Waals surface area (Å²) >= 11 is 0. The fourth-order valence-electron chi connectivity index (χ4n) is 0.120. The van der Waals surface area contributed by atoms with Crippen LogP contribution in [0.25, 0.3) is 0 Å². The highest BCUT2D eigenvalue weighted by Crippen LogP contribution is 1.80. The molecule has 1 N–H and O–H groups in total. The van der Waals surface area contributed by atoms with Gasteiger partial charge in [-0.25, -0.2) is 4.84 Å². The van der Waals surface area contributed by atoms with Crippen molar-refractivity contribution in [1.82, 2.24) is 5.64 Å². The molecule has 5 heavy (non-hydrogen) atoms. The summed E-state index contributed by atoms with van der Waals surface area (Å²) in [6, 6.07) is 0. The molecule has 4 nitrogen and oxygen atoms in total. The van der Waals surface area contributed by atoms with Gasteiger partial charge in [-0.05, 0) is 5.64 Å². The molecule has 0 aromatic rings.